The summed E-state index contributed by atoms with van der Waals surface area (Å²) in [7, 11) is 0. The van der Waals surface area contributed by atoms with Crippen molar-refractivity contribution in [2.75, 3.05) is 13.2 Å². The van der Waals surface area contributed by atoms with Crippen LogP contribution in [0.2, 0.25) is 0 Å². The van der Waals surface area contributed by atoms with Gasteiger partial charge in [0.25, 0.3) is 5.91 Å². The van der Waals surface area contributed by atoms with Crippen LogP contribution in [0.15, 0.2) is 47.4 Å². The number of benzene rings is 2. The predicted octanol–water partition coefficient (Wildman–Crippen LogP) is 3.90. The smallest absolute Gasteiger partial charge is 0.264 e. The maximum atomic E-state index is 11.8. The van der Waals surface area contributed by atoms with Gasteiger partial charge in [0.1, 0.15) is 24.7 Å². The second-order valence-corrected chi connectivity index (χ2v) is 6.90. The summed E-state index contributed by atoms with van der Waals surface area (Å²) in [4.78, 5) is 12.3. The number of carbonyl (C=O) groups is 1. The zero-order chi connectivity index (χ0) is 18.5. The zero-order valence-electron chi connectivity index (χ0n) is 14.7. The summed E-state index contributed by atoms with van der Waals surface area (Å²) < 4.78 is 11.7. The summed E-state index contributed by atoms with van der Waals surface area (Å²) in [5, 5.41) is 10.1. The third-order valence-corrected chi connectivity index (χ3v) is 4.69. The monoisotopic (exact) mass is 368 g/mol. The lowest BCUT2D eigenvalue weighted by Gasteiger charge is -2.13. The van der Waals surface area contributed by atoms with Crippen LogP contribution in [0.3, 0.4) is 0 Å². The fourth-order valence-electron chi connectivity index (χ4n) is 2.64. The van der Waals surface area contributed by atoms with E-state index in [0.29, 0.717) is 23.9 Å². The first kappa shape index (κ1) is 18.1. The molecule has 0 radical (unpaired) electrons. The number of amides is 1. The molecule has 134 valence electrons. The van der Waals surface area contributed by atoms with Gasteiger partial charge in [-0.05, 0) is 48.9 Å². The molecule has 0 unspecified atom stereocenters. The van der Waals surface area contributed by atoms with Crippen LogP contribution in [0.5, 0.6) is 11.5 Å². The van der Waals surface area contributed by atoms with Crippen molar-refractivity contribution in [1.82, 2.24) is 5.32 Å². The van der Waals surface area contributed by atoms with E-state index in [-0.39, 0.29) is 11.1 Å². The maximum Gasteiger partial charge on any atom is 0.264 e. The van der Waals surface area contributed by atoms with E-state index in [0.717, 1.165) is 34.2 Å². The lowest BCUT2D eigenvalue weighted by molar-refractivity contribution is -0.115. The Labute approximate surface area is 156 Å². The second kappa shape index (κ2) is 8.10. The molecule has 2 aromatic carbocycles. The summed E-state index contributed by atoms with van der Waals surface area (Å²) >= 11 is 1.11. The van der Waals surface area contributed by atoms with Gasteiger partial charge < -0.3 is 14.8 Å². The van der Waals surface area contributed by atoms with Crippen molar-refractivity contribution >= 4 is 28.9 Å². The Balaban J connectivity index is 1.63. The van der Waals surface area contributed by atoms with Gasteiger partial charge in [-0.3, -0.25) is 10.2 Å². The third kappa shape index (κ3) is 4.26. The molecule has 1 aliphatic rings. The van der Waals surface area contributed by atoms with Crippen LogP contribution in [-0.2, 0) is 4.79 Å². The van der Waals surface area contributed by atoms with Crippen LogP contribution in [-0.4, -0.2) is 24.3 Å². The molecule has 0 atom stereocenters. The van der Waals surface area contributed by atoms with Crippen molar-refractivity contribution in [2.24, 2.45) is 0 Å². The molecule has 26 heavy (non-hydrogen) atoms. The van der Waals surface area contributed by atoms with Gasteiger partial charge in [0, 0.05) is 5.56 Å². The van der Waals surface area contributed by atoms with Crippen LogP contribution in [0.4, 0.5) is 0 Å². The molecule has 6 heteroatoms. The average molecular weight is 368 g/mol. The second-order valence-electron chi connectivity index (χ2n) is 5.85. The number of para-hydroxylation sites is 2. The highest BCUT2D eigenvalue weighted by Crippen LogP contribution is 2.28. The van der Waals surface area contributed by atoms with E-state index in [1.807, 2.05) is 56.3 Å². The lowest BCUT2D eigenvalue weighted by Crippen LogP contribution is -2.18. The van der Waals surface area contributed by atoms with Crippen molar-refractivity contribution in [2.45, 2.75) is 13.8 Å². The first-order valence-corrected chi connectivity index (χ1v) is 9.06. The standard InChI is InChI=1S/C20H20N2O3S/c1-13-6-5-7-14(2)18(13)25-11-10-24-16-9-4-3-8-15(16)12-17-19(23)22-20(21)26-17/h3-9,12H,10-11H2,1-2H3,(H2,21,22,23)/b17-12-. The Hall–Kier alpha value is -2.73. The van der Waals surface area contributed by atoms with Crippen LogP contribution in [0, 0.1) is 19.3 Å². The van der Waals surface area contributed by atoms with E-state index in [4.69, 9.17) is 14.9 Å². The molecular formula is C20H20N2O3S. The van der Waals surface area contributed by atoms with E-state index >= 15 is 0 Å². The highest BCUT2D eigenvalue weighted by Gasteiger charge is 2.22. The van der Waals surface area contributed by atoms with Crippen molar-refractivity contribution in [3.8, 4) is 11.5 Å². The number of ether oxygens (including phenoxy) is 2. The minimum atomic E-state index is -0.256. The molecule has 1 amide bonds. The van der Waals surface area contributed by atoms with Gasteiger partial charge in [-0.25, -0.2) is 0 Å². The summed E-state index contributed by atoms with van der Waals surface area (Å²) in [6, 6.07) is 13.6. The van der Waals surface area contributed by atoms with Gasteiger partial charge in [-0.2, -0.15) is 0 Å². The van der Waals surface area contributed by atoms with Crippen molar-refractivity contribution in [1.29, 1.82) is 5.41 Å². The van der Waals surface area contributed by atoms with Crippen LogP contribution in [0.25, 0.3) is 6.08 Å². The first-order chi connectivity index (χ1) is 12.5. The fourth-order valence-corrected chi connectivity index (χ4v) is 3.33. The quantitative estimate of drug-likeness (QED) is 0.599. The molecule has 1 fully saturated rings. The molecule has 0 aromatic heterocycles. The number of hydrogen-bond acceptors (Lipinski definition) is 5. The molecular weight excluding hydrogens is 348 g/mol. The van der Waals surface area contributed by atoms with Crippen LogP contribution < -0.4 is 14.8 Å². The third-order valence-electron chi connectivity index (χ3n) is 3.86. The Morgan fingerprint density at radius 1 is 1.04 bits per heavy atom. The van der Waals surface area contributed by atoms with E-state index in [1.54, 1.807) is 6.08 Å². The molecule has 1 saturated heterocycles. The SMILES string of the molecule is Cc1cccc(C)c1OCCOc1ccccc1/C=C1\SC(=N)NC1=O. The average Bonchev–Trinajstić information content (AvgIpc) is 2.92. The van der Waals surface area contributed by atoms with Gasteiger partial charge in [0.15, 0.2) is 5.17 Å². The molecule has 2 aromatic rings. The molecule has 0 spiro atoms. The Morgan fingerprint density at radius 3 is 2.42 bits per heavy atom. The molecule has 0 aliphatic carbocycles. The minimum absolute atomic E-state index is 0.140. The molecule has 2 N–H and O–H groups in total. The Kier molecular flexibility index (Phi) is 5.63. The topological polar surface area (TPSA) is 71.4 Å². The highest BCUT2D eigenvalue weighted by molar-refractivity contribution is 8.18. The molecule has 1 aliphatic heterocycles. The van der Waals surface area contributed by atoms with Crippen LogP contribution >= 0.6 is 11.8 Å². The number of hydrogen-bond donors (Lipinski definition) is 2. The van der Waals surface area contributed by atoms with Gasteiger partial charge >= 0.3 is 0 Å². The summed E-state index contributed by atoms with van der Waals surface area (Å²) in [6.45, 7) is 4.86. The zero-order valence-corrected chi connectivity index (χ0v) is 15.5. The summed E-state index contributed by atoms with van der Waals surface area (Å²) in [5.41, 5.74) is 3.00. The molecule has 1 heterocycles. The lowest BCUT2D eigenvalue weighted by atomic mass is 10.1. The van der Waals surface area contributed by atoms with E-state index < -0.39 is 0 Å². The Bertz CT molecular complexity index is 857. The number of aryl methyl sites for hydroxylation is 2. The van der Waals surface area contributed by atoms with Crippen molar-refractivity contribution < 1.29 is 14.3 Å². The van der Waals surface area contributed by atoms with E-state index in [2.05, 4.69) is 5.32 Å². The summed E-state index contributed by atoms with van der Waals surface area (Å²) in [6.07, 6.45) is 1.74. The molecule has 0 saturated carbocycles. The number of amidine groups is 1. The maximum absolute atomic E-state index is 11.8. The van der Waals surface area contributed by atoms with Gasteiger partial charge in [-0.15, -0.1) is 0 Å². The first-order valence-electron chi connectivity index (χ1n) is 8.25. The highest BCUT2D eigenvalue weighted by atomic mass is 32.2. The molecule has 3 rings (SSSR count). The number of thioether (sulfide) groups is 1. The fraction of sp³-hybridized carbons (Fsp3) is 0.200. The van der Waals surface area contributed by atoms with E-state index in [1.165, 1.54) is 0 Å². The van der Waals surface area contributed by atoms with Crippen molar-refractivity contribution in [3.63, 3.8) is 0 Å². The minimum Gasteiger partial charge on any atom is -0.489 e. The van der Waals surface area contributed by atoms with Crippen molar-refractivity contribution in [3.05, 3.63) is 64.1 Å². The number of carbonyl (C=O) groups excluding carboxylic acids is 1. The van der Waals surface area contributed by atoms with Gasteiger partial charge in [0.2, 0.25) is 0 Å². The van der Waals surface area contributed by atoms with Gasteiger partial charge in [-0.1, -0.05) is 36.4 Å². The van der Waals surface area contributed by atoms with E-state index in [9.17, 15) is 4.79 Å². The largest absolute Gasteiger partial charge is 0.489 e. The Morgan fingerprint density at radius 2 is 1.73 bits per heavy atom. The normalized spacial score (nSPS) is 15.2. The molecule has 0 bridgehead atoms. The van der Waals surface area contributed by atoms with Crippen LogP contribution in [0.1, 0.15) is 16.7 Å². The number of nitrogens with one attached hydrogen (secondary N) is 2. The number of rotatable bonds is 6. The summed E-state index contributed by atoms with van der Waals surface area (Å²) in [5.74, 6) is 1.31. The predicted molar refractivity (Wildman–Crippen MR) is 105 cm³/mol. The molecule has 5 nitrogen and oxygen atoms in total. The van der Waals surface area contributed by atoms with Gasteiger partial charge in [0.05, 0.1) is 4.91 Å².